The van der Waals surface area contributed by atoms with Crippen LogP contribution < -0.4 is 10.9 Å². The Morgan fingerprint density at radius 3 is 2.19 bits per heavy atom. The Kier molecular flexibility index (Phi) is 11.4. The molecule has 0 spiro atoms. The zero-order chi connectivity index (χ0) is 21.0. The van der Waals surface area contributed by atoms with E-state index in [9.17, 15) is 14.4 Å². The summed E-state index contributed by atoms with van der Waals surface area (Å²) in [6.45, 7) is 11.7. The minimum atomic E-state index is -0.736. The molecule has 9 heteroatoms. The summed E-state index contributed by atoms with van der Waals surface area (Å²) < 4.78 is 5.21. The molecule has 0 fully saturated rings. The van der Waals surface area contributed by atoms with Crippen molar-refractivity contribution in [1.82, 2.24) is 20.8 Å². The third-order valence-corrected chi connectivity index (χ3v) is 3.55. The van der Waals surface area contributed by atoms with Crippen molar-refractivity contribution in [3.05, 3.63) is 0 Å². The fourth-order valence-electron chi connectivity index (χ4n) is 2.21. The van der Waals surface area contributed by atoms with Gasteiger partial charge in [0.1, 0.15) is 11.6 Å². The number of rotatable bonds is 9. The summed E-state index contributed by atoms with van der Waals surface area (Å²) in [5.74, 6) is -0.462. The molecular formula is C18H36N4O5. The van der Waals surface area contributed by atoms with Crippen LogP contribution in [-0.2, 0) is 14.4 Å². The van der Waals surface area contributed by atoms with Crippen molar-refractivity contribution in [2.45, 2.75) is 78.9 Å². The van der Waals surface area contributed by atoms with Crippen molar-refractivity contribution < 1.29 is 24.0 Å². The van der Waals surface area contributed by atoms with Gasteiger partial charge < -0.3 is 9.64 Å². The average molecular weight is 389 g/mol. The first-order valence-electron chi connectivity index (χ1n) is 9.52. The highest BCUT2D eigenvalue weighted by molar-refractivity contribution is 5.87. The summed E-state index contributed by atoms with van der Waals surface area (Å²) in [6, 6.07) is -1.22. The van der Waals surface area contributed by atoms with E-state index in [-0.39, 0.29) is 0 Å². The minimum absolute atomic E-state index is 0.317. The first-order chi connectivity index (χ1) is 12.6. The van der Waals surface area contributed by atoms with Crippen LogP contribution in [0.5, 0.6) is 0 Å². The molecule has 0 bridgehead atoms. The predicted octanol–water partition coefficient (Wildman–Crippen LogP) is 2.82. The molecule has 27 heavy (non-hydrogen) atoms. The number of carbonyl (C=O) groups excluding carboxylic acids is 3. The quantitative estimate of drug-likeness (QED) is 0.467. The zero-order valence-electron chi connectivity index (χ0n) is 17.8. The van der Waals surface area contributed by atoms with E-state index in [0.29, 0.717) is 26.0 Å². The summed E-state index contributed by atoms with van der Waals surface area (Å²) in [6.07, 6.45) is 2.23. The summed E-state index contributed by atoms with van der Waals surface area (Å²) in [4.78, 5) is 43.6. The lowest BCUT2D eigenvalue weighted by molar-refractivity contribution is -0.130. The topological polar surface area (TPSA) is 100 Å². The van der Waals surface area contributed by atoms with Gasteiger partial charge in [-0.1, -0.05) is 26.7 Å². The first-order valence-corrected chi connectivity index (χ1v) is 9.52. The van der Waals surface area contributed by atoms with Crippen molar-refractivity contribution in [1.29, 1.82) is 0 Å². The highest BCUT2D eigenvalue weighted by Gasteiger charge is 2.30. The van der Waals surface area contributed by atoms with Crippen LogP contribution in [-0.4, -0.2) is 59.8 Å². The number of carbonyl (C=O) groups is 3. The lowest BCUT2D eigenvalue weighted by atomic mass is 10.1. The molecule has 0 radical (unpaired) electrons. The molecule has 9 nitrogen and oxygen atoms in total. The van der Waals surface area contributed by atoms with Crippen LogP contribution in [0.2, 0.25) is 0 Å². The molecule has 0 aromatic heterocycles. The van der Waals surface area contributed by atoms with Gasteiger partial charge in [0, 0.05) is 13.6 Å². The van der Waals surface area contributed by atoms with Crippen molar-refractivity contribution >= 4 is 18.0 Å². The number of hydrogen-bond donors (Lipinski definition) is 2. The van der Waals surface area contributed by atoms with Crippen LogP contribution >= 0.6 is 0 Å². The summed E-state index contributed by atoms with van der Waals surface area (Å²) in [7, 11) is 1.40. The molecule has 1 atom stereocenters. The maximum absolute atomic E-state index is 12.7. The molecule has 0 heterocycles. The van der Waals surface area contributed by atoms with E-state index in [1.165, 1.54) is 11.9 Å². The van der Waals surface area contributed by atoms with Crippen LogP contribution in [0.3, 0.4) is 0 Å². The van der Waals surface area contributed by atoms with Gasteiger partial charge in [-0.2, -0.15) is 0 Å². The number of unbranched alkanes of at least 4 members (excludes halogenated alkanes) is 1. The number of hydrazine groups is 1. The van der Waals surface area contributed by atoms with Crippen LogP contribution in [0.15, 0.2) is 0 Å². The molecule has 0 aromatic carbocycles. The highest BCUT2D eigenvalue weighted by atomic mass is 16.7. The molecule has 0 aliphatic carbocycles. The Balaban J connectivity index is 4.95. The molecule has 158 valence electrons. The third kappa shape index (κ3) is 10.0. The van der Waals surface area contributed by atoms with Crippen molar-refractivity contribution in [3.8, 4) is 0 Å². The van der Waals surface area contributed by atoms with E-state index >= 15 is 0 Å². The van der Waals surface area contributed by atoms with Gasteiger partial charge in [0.2, 0.25) is 0 Å². The molecule has 0 unspecified atom stereocenters. The van der Waals surface area contributed by atoms with Crippen molar-refractivity contribution in [3.63, 3.8) is 0 Å². The van der Waals surface area contributed by atoms with E-state index < -0.39 is 29.7 Å². The summed E-state index contributed by atoms with van der Waals surface area (Å²) in [5.41, 5.74) is 4.19. The number of nitrogens with zero attached hydrogens (tertiary/aromatic N) is 2. The molecule has 0 aromatic rings. The normalized spacial score (nSPS) is 12.1. The van der Waals surface area contributed by atoms with Gasteiger partial charge in [0.25, 0.3) is 5.91 Å². The molecule has 0 saturated heterocycles. The predicted molar refractivity (Wildman–Crippen MR) is 103 cm³/mol. The average Bonchev–Trinajstić information content (AvgIpc) is 2.57. The number of hydroxylamine groups is 1. The Morgan fingerprint density at radius 1 is 1.07 bits per heavy atom. The number of amides is 4. The fraction of sp³-hybridized carbons (Fsp3) is 0.833. The lowest BCUT2D eigenvalue weighted by Crippen LogP contribution is -2.56. The van der Waals surface area contributed by atoms with Gasteiger partial charge in [0.05, 0.1) is 6.61 Å². The molecule has 4 amide bonds. The van der Waals surface area contributed by atoms with Crippen molar-refractivity contribution in [2.24, 2.45) is 0 Å². The van der Waals surface area contributed by atoms with E-state index in [2.05, 4.69) is 10.9 Å². The standard InChI is InChI=1S/C18H36N4O5/c1-8-11-13-26-20-16(24)22(10-3)14(12-9-2)15(23)19-21(7)17(25)27-18(4,5)6/h14H,8-13H2,1-7H3,(H,19,23)(H,20,24)/t14-/m0/s1. The van der Waals surface area contributed by atoms with Crippen LogP contribution in [0, 0.1) is 0 Å². The molecular weight excluding hydrogens is 352 g/mol. The summed E-state index contributed by atoms with van der Waals surface area (Å²) in [5, 5.41) is 0.986. The number of urea groups is 1. The Morgan fingerprint density at radius 2 is 1.70 bits per heavy atom. The Hall–Kier alpha value is -2.03. The van der Waals surface area contributed by atoms with Crippen molar-refractivity contribution in [2.75, 3.05) is 20.2 Å². The Labute approximate surface area is 162 Å². The second kappa shape index (κ2) is 12.4. The molecule has 0 aliphatic rings. The highest BCUT2D eigenvalue weighted by Crippen LogP contribution is 2.11. The fourth-order valence-corrected chi connectivity index (χ4v) is 2.21. The summed E-state index contributed by atoms with van der Waals surface area (Å²) >= 11 is 0. The molecule has 0 aliphatic heterocycles. The number of nitrogens with one attached hydrogen (secondary N) is 2. The van der Waals surface area contributed by atoms with Gasteiger partial charge in [-0.3, -0.25) is 15.1 Å². The van der Waals surface area contributed by atoms with Gasteiger partial charge >= 0.3 is 12.1 Å². The smallest absolute Gasteiger partial charge is 0.428 e. The van der Waals surface area contributed by atoms with Crippen LogP contribution in [0.4, 0.5) is 9.59 Å². The third-order valence-electron chi connectivity index (χ3n) is 3.55. The van der Waals surface area contributed by atoms with Gasteiger partial charge in [-0.15, -0.1) is 0 Å². The number of hydrogen-bond acceptors (Lipinski definition) is 5. The Bertz CT molecular complexity index is 479. The maximum Gasteiger partial charge on any atom is 0.428 e. The van der Waals surface area contributed by atoms with E-state index in [1.54, 1.807) is 27.7 Å². The maximum atomic E-state index is 12.7. The van der Waals surface area contributed by atoms with E-state index in [1.807, 2.05) is 13.8 Å². The van der Waals surface area contributed by atoms with Crippen LogP contribution in [0.25, 0.3) is 0 Å². The van der Waals surface area contributed by atoms with Crippen LogP contribution in [0.1, 0.15) is 67.2 Å². The number of likely N-dealkylation sites (N-methyl/N-ethyl adjacent to an activating group) is 1. The second-order valence-electron chi connectivity index (χ2n) is 7.22. The van der Waals surface area contributed by atoms with E-state index in [4.69, 9.17) is 9.57 Å². The monoisotopic (exact) mass is 388 g/mol. The first kappa shape index (κ1) is 25.0. The molecule has 2 N–H and O–H groups in total. The van der Waals surface area contributed by atoms with Gasteiger partial charge in [0.15, 0.2) is 0 Å². The SMILES string of the molecule is CCCCONC(=O)N(CC)[C@@H](CCC)C(=O)NN(C)C(=O)OC(C)(C)C. The number of ether oxygens (including phenoxy) is 1. The largest absolute Gasteiger partial charge is 0.442 e. The second-order valence-corrected chi connectivity index (χ2v) is 7.22. The minimum Gasteiger partial charge on any atom is -0.442 e. The van der Waals surface area contributed by atoms with Gasteiger partial charge in [-0.25, -0.2) is 20.1 Å². The zero-order valence-corrected chi connectivity index (χ0v) is 17.8. The molecule has 0 rings (SSSR count). The lowest BCUT2D eigenvalue weighted by Gasteiger charge is -2.31. The van der Waals surface area contributed by atoms with E-state index in [0.717, 1.165) is 17.9 Å². The van der Waals surface area contributed by atoms with Gasteiger partial charge in [-0.05, 0) is 40.5 Å². The molecule has 0 saturated carbocycles.